The minimum atomic E-state index is 0.191. The smallest absolute Gasteiger partial charge is 0.233 e. The third-order valence-electron chi connectivity index (χ3n) is 3.14. The molecule has 112 valence electrons. The number of hydrogen-bond acceptors (Lipinski definition) is 7. The second-order valence-electron chi connectivity index (χ2n) is 4.49. The summed E-state index contributed by atoms with van der Waals surface area (Å²) >= 11 is 6.55. The number of hydrogen-bond donors (Lipinski definition) is 0. The highest BCUT2D eigenvalue weighted by Crippen LogP contribution is 2.29. The highest BCUT2D eigenvalue weighted by Gasteiger charge is 2.21. The summed E-state index contributed by atoms with van der Waals surface area (Å²) in [6, 6.07) is 2.13. The summed E-state index contributed by atoms with van der Waals surface area (Å²) in [4.78, 5) is 15.7. The molecule has 21 heavy (non-hydrogen) atoms. The van der Waals surface area contributed by atoms with Crippen molar-refractivity contribution in [1.82, 2.24) is 15.1 Å². The highest BCUT2D eigenvalue weighted by molar-refractivity contribution is 8.03. The molecular weight excluding hydrogens is 342 g/mol. The van der Waals surface area contributed by atoms with Gasteiger partial charge in [0.15, 0.2) is 8.68 Å². The van der Waals surface area contributed by atoms with E-state index >= 15 is 0 Å². The first-order valence-electron chi connectivity index (χ1n) is 6.68. The number of aromatic nitrogens is 2. The van der Waals surface area contributed by atoms with Crippen LogP contribution in [0.5, 0.6) is 0 Å². The van der Waals surface area contributed by atoms with Crippen molar-refractivity contribution in [2.75, 3.05) is 18.1 Å². The number of rotatable bonds is 5. The molecule has 1 amide bonds. The van der Waals surface area contributed by atoms with Gasteiger partial charge in [0.2, 0.25) is 5.91 Å². The Bertz CT molecular complexity index is 624. The van der Waals surface area contributed by atoms with Crippen molar-refractivity contribution < 1.29 is 4.79 Å². The Morgan fingerprint density at radius 1 is 1.38 bits per heavy atom. The lowest BCUT2D eigenvalue weighted by Crippen LogP contribution is -2.36. The van der Waals surface area contributed by atoms with Gasteiger partial charge in [-0.2, -0.15) is 0 Å². The summed E-state index contributed by atoms with van der Waals surface area (Å²) in [6.07, 6.45) is 0.986. The van der Waals surface area contributed by atoms with Crippen LogP contribution in [0.3, 0.4) is 0 Å². The predicted molar refractivity (Wildman–Crippen MR) is 90.5 cm³/mol. The van der Waals surface area contributed by atoms with Gasteiger partial charge in [0.1, 0.15) is 0 Å². The Labute approximate surface area is 140 Å². The molecule has 3 rings (SSSR count). The van der Waals surface area contributed by atoms with Crippen LogP contribution >= 0.6 is 46.2 Å². The topological polar surface area (TPSA) is 46.1 Å². The number of nitrogens with zero attached hydrogens (tertiary/aromatic N) is 3. The molecule has 0 aliphatic carbocycles. The summed E-state index contributed by atoms with van der Waals surface area (Å²) < 4.78 is 1.86. The van der Waals surface area contributed by atoms with Crippen molar-refractivity contribution >= 4 is 52.1 Å². The lowest BCUT2D eigenvalue weighted by atomic mass is 10.1. The van der Waals surface area contributed by atoms with Crippen LogP contribution in [0.25, 0.3) is 0 Å². The first-order chi connectivity index (χ1) is 10.3. The largest absolute Gasteiger partial charge is 0.337 e. The maximum Gasteiger partial charge on any atom is 0.233 e. The van der Waals surface area contributed by atoms with Crippen molar-refractivity contribution in [3.8, 4) is 0 Å². The molecule has 0 atom stereocenters. The van der Waals surface area contributed by atoms with Crippen LogP contribution in [-0.4, -0.2) is 39.1 Å². The molecule has 0 unspecified atom stereocenters. The van der Waals surface area contributed by atoms with Gasteiger partial charge in [0.25, 0.3) is 0 Å². The summed E-state index contributed by atoms with van der Waals surface area (Å²) in [5, 5.41) is 10.3. The molecule has 8 heteroatoms. The first-order valence-corrected chi connectivity index (χ1v) is 10.3. The van der Waals surface area contributed by atoms with E-state index < -0.39 is 0 Å². The highest BCUT2D eigenvalue weighted by atomic mass is 32.2. The van der Waals surface area contributed by atoms with Crippen LogP contribution in [0, 0.1) is 0 Å². The normalized spacial score (nSPS) is 14.2. The first kappa shape index (κ1) is 15.3. The lowest BCUT2D eigenvalue weighted by molar-refractivity contribution is -0.129. The minimum absolute atomic E-state index is 0.191. The van der Waals surface area contributed by atoms with Gasteiger partial charge in [0, 0.05) is 18.0 Å². The molecule has 0 saturated carbocycles. The minimum Gasteiger partial charge on any atom is -0.337 e. The van der Waals surface area contributed by atoms with Crippen molar-refractivity contribution in [2.24, 2.45) is 0 Å². The summed E-state index contributed by atoms with van der Waals surface area (Å²) in [7, 11) is 0. The van der Waals surface area contributed by atoms with Crippen molar-refractivity contribution in [2.45, 2.75) is 28.6 Å². The van der Waals surface area contributed by atoms with Gasteiger partial charge < -0.3 is 4.90 Å². The molecule has 0 aromatic carbocycles. The number of carbonyl (C=O) groups excluding carboxylic acids is 1. The molecule has 4 nitrogen and oxygen atoms in total. The molecule has 2 aromatic heterocycles. The summed E-state index contributed by atoms with van der Waals surface area (Å²) in [5.74, 6) is 1.64. The van der Waals surface area contributed by atoms with Gasteiger partial charge in [-0.05, 0) is 29.2 Å². The maximum atomic E-state index is 12.3. The SMILES string of the molecule is CCSc1nnc(SCC(=O)N2CCc3sccc3C2)s1. The second kappa shape index (κ2) is 7.13. The number of fused-ring (bicyclic) bond motifs is 1. The Morgan fingerprint density at radius 3 is 3.00 bits per heavy atom. The Morgan fingerprint density at radius 2 is 2.19 bits per heavy atom. The van der Waals surface area contributed by atoms with Gasteiger partial charge in [-0.15, -0.1) is 21.5 Å². The molecule has 3 heterocycles. The van der Waals surface area contributed by atoms with Crippen LogP contribution in [0.2, 0.25) is 0 Å². The quantitative estimate of drug-likeness (QED) is 0.768. The van der Waals surface area contributed by atoms with E-state index in [1.807, 2.05) is 4.90 Å². The van der Waals surface area contributed by atoms with Crippen LogP contribution in [0.4, 0.5) is 0 Å². The van der Waals surface area contributed by atoms with Crippen molar-refractivity contribution in [3.05, 3.63) is 21.9 Å². The average Bonchev–Trinajstić information content (AvgIpc) is 3.13. The van der Waals surface area contributed by atoms with Crippen LogP contribution < -0.4 is 0 Å². The molecule has 0 N–H and O–H groups in total. The molecule has 0 fully saturated rings. The number of thiophene rings is 1. The van der Waals surface area contributed by atoms with Crippen LogP contribution in [0.15, 0.2) is 20.1 Å². The van der Waals surface area contributed by atoms with E-state index in [2.05, 4.69) is 28.6 Å². The van der Waals surface area contributed by atoms with E-state index in [-0.39, 0.29) is 5.91 Å². The van der Waals surface area contributed by atoms with Gasteiger partial charge in [-0.25, -0.2) is 0 Å². The zero-order valence-electron chi connectivity index (χ0n) is 11.6. The average molecular weight is 358 g/mol. The molecular formula is C13H15N3OS4. The van der Waals surface area contributed by atoms with E-state index in [1.165, 1.54) is 22.2 Å². The Kier molecular flexibility index (Phi) is 5.20. The summed E-state index contributed by atoms with van der Waals surface area (Å²) in [5.41, 5.74) is 1.31. The second-order valence-corrected chi connectivity index (χ2v) is 9.20. The molecule has 0 radical (unpaired) electrons. The Hall–Kier alpha value is -0.570. The zero-order chi connectivity index (χ0) is 14.7. The molecule has 0 spiro atoms. The predicted octanol–water partition coefficient (Wildman–Crippen LogP) is 3.39. The van der Waals surface area contributed by atoms with Gasteiger partial charge >= 0.3 is 0 Å². The lowest BCUT2D eigenvalue weighted by Gasteiger charge is -2.26. The standard InChI is InChI=1S/C13H15N3OS4/c1-2-18-12-14-15-13(21-12)20-8-11(17)16-5-3-10-9(7-16)4-6-19-10/h4,6H,2-3,5,7-8H2,1H3. The maximum absolute atomic E-state index is 12.3. The fraction of sp³-hybridized carbons (Fsp3) is 0.462. The number of carbonyl (C=O) groups is 1. The van der Waals surface area contributed by atoms with E-state index in [0.29, 0.717) is 5.75 Å². The van der Waals surface area contributed by atoms with Gasteiger partial charge in [-0.1, -0.05) is 41.8 Å². The fourth-order valence-electron chi connectivity index (χ4n) is 2.11. The van der Waals surface area contributed by atoms with E-state index in [4.69, 9.17) is 0 Å². The van der Waals surface area contributed by atoms with Crippen LogP contribution in [0.1, 0.15) is 17.4 Å². The monoisotopic (exact) mass is 357 g/mol. The third kappa shape index (κ3) is 3.80. The summed E-state index contributed by atoms with van der Waals surface area (Å²) in [6.45, 7) is 3.68. The Balaban J connectivity index is 1.52. The molecule has 0 saturated heterocycles. The fourth-order valence-corrected chi connectivity index (χ4v) is 5.82. The molecule has 2 aromatic rings. The number of amides is 1. The van der Waals surface area contributed by atoms with Gasteiger partial charge in [-0.3, -0.25) is 4.79 Å². The third-order valence-corrected chi connectivity index (χ3v) is 7.22. The van der Waals surface area contributed by atoms with Crippen molar-refractivity contribution in [3.63, 3.8) is 0 Å². The van der Waals surface area contributed by atoms with E-state index in [9.17, 15) is 4.79 Å². The molecule has 1 aliphatic rings. The van der Waals surface area contributed by atoms with Gasteiger partial charge in [0.05, 0.1) is 5.75 Å². The zero-order valence-corrected chi connectivity index (χ0v) is 14.8. The molecule has 1 aliphatic heterocycles. The van der Waals surface area contributed by atoms with Crippen LogP contribution in [-0.2, 0) is 17.8 Å². The van der Waals surface area contributed by atoms with Crippen molar-refractivity contribution in [1.29, 1.82) is 0 Å². The number of thioether (sulfide) groups is 2. The van der Waals surface area contributed by atoms with E-state index in [0.717, 1.165) is 33.9 Å². The van der Waals surface area contributed by atoms with E-state index in [1.54, 1.807) is 34.4 Å². The molecule has 0 bridgehead atoms.